The maximum atomic E-state index is 13.1. The van der Waals surface area contributed by atoms with Gasteiger partial charge in [-0.1, -0.05) is 42.5 Å². The van der Waals surface area contributed by atoms with Crippen LogP contribution in [-0.4, -0.2) is 35.3 Å². The summed E-state index contributed by atoms with van der Waals surface area (Å²) in [7, 11) is 0. The summed E-state index contributed by atoms with van der Waals surface area (Å²) in [5.41, 5.74) is 0.690. The second-order valence-electron chi connectivity index (χ2n) is 6.88. The monoisotopic (exact) mass is 348 g/mol. The average Bonchev–Trinajstić information content (AvgIpc) is 3.24. The van der Waals surface area contributed by atoms with Gasteiger partial charge in [-0.3, -0.25) is 9.48 Å². The third-order valence-electron chi connectivity index (χ3n) is 5.36. The number of hydrogen-bond acceptors (Lipinski definition) is 3. The minimum Gasteiger partial charge on any atom is -0.354 e. The quantitative estimate of drug-likeness (QED) is 0.745. The largest absolute Gasteiger partial charge is 0.354 e. The number of carbonyl (C=O) groups excluding carboxylic acids is 1. The van der Waals surface area contributed by atoms with E-state index >= 15 is 0 Å². The van der Waals surface area contributed by atoms with Crippen molar-refractivity contribution in [2.75, 3.05) is 19.6 Å². The third kappa shape index (κ3) is 3.10. The third-order valence-corrected chi connectivity index (χ3v) is 5.36. The first-order valence-corrected chi connectivity index (χ1v) is 9.25. The van der Waals surface area contributed by atoms with Crippen LogP contribution in [0.3, 0.4) is 0 Å². The van der Waals surface area contributed by atoms with Crippen molar-refractivity contribution in [1.82, 2.24) is 20.4 Å². The van der Waals surface area contributed by atoms with Gasteiger partial charge in [-0.15, -0.1) is 0 Å². The van der Waals surface area contributed by atoms with Gasteiger partial charge in [-0.2, -0.15) is 5.10 Å². The number of benzene rings is 2. The van der Waals surface area contributed by atoms with Crippen molar-refractivity contribution in [1.29, 1.82) is 0 Å². The maximum absolute atomic E-state index is 13.1. The summed E-state index contributed by atoms with van der Waals surface area (Å²) in [6, 6.07) is 16.6. The van der Waals surface area contributed by atoms with E-state index in [2.05, 4.69) is 58.2 Å². The van der Waals surface area contributed by atoms with Crippen molar-refractivity contribution in [3.05, 3.63) is 66.5 Å². The number of hydrogen-bond donors (Lipinski definition) is 2. The average molecular weight is 348 g/mol. The molecule has 2 N–H and O–H groups in total. The Bertz CT molecular complexity index is 877. The lowest BCUT2D eigenvalue weighted by Crippen LogP contribution is -2.54. The molecule has 0 unspecified atom stereocenters. The van der Waals surface area contributed by atoms with Gasteiger partial charge in [0.05, 0.1) is 0 Å². The molecule has 0 spiro atoms. The summed E-state index contributed by atoms with van der Waals surface area (Å²) < 4.78 is 1.83. The fourth-order valence-electron chi connectivity index (χ4n) is 3.91. The molecular formula is C21H24N4O. The van der Waals surface area contributed by atoms with Crippen LogP contribution in [0.1, 0.15) is 18.4 Å². The van der Waals surface area contributed by atoms with Crippen molar-refractivity contribution >= 4 is 16.7 Å². The number of carbonyl (C=O) groups is 1. The van der Waals surface area contributed by atoms with Crippen LogP contribution < -0.4 is 10.6 Å². The molecule has 1 fully saturated rings. The van der Waals surface area contributed by atoms with Crippen molar-refractivity contribution in [3.63, 3.8) is 0 Å². The summed E-state index contributed by atoms with van der Waals surface area (Å²) in [5.74, 6) is 0.0722. The molecule has 1 amide bonds. The lowest BCUT2D eigenvalue weighted by atomic mass is 9.87. The lowest BCUT2D eigenvalue weighted by molar-refractivity contribution is -0.131. The minimum atomic E-state index is -0.576. The zero-order valence-corrected chi connectivity index (χ0v) is 14.8. The van der Waals surface area contributed by atoms with Crippen LogP contribution in [0.25, 0.3) is 10.8 Å². The van der Waals surface area contributed by atoms with E-state index in [0.717, 1.165) is 32.4 Å². The van der Waals surface area contributed by atoms with Gasteiger partial charge in [-0.25, -0.2) is 0 Å². The SMILES string of the molecule is O=C(NCCc1cccc2ccccc12)C1(n2cccn2)CCNCC1. The predicted molar refractivity (Wildman–Crippen MR) is 103 cm³/mol. The van der Waals surface area contributed by atoms with Crippen LogP contribution >= 0.6 is 0 Å². The Morgan fingerprint density at radius 2 is 1.92 bits per heavy atom. The first kappa shape index (κ1) is 16.8. The second kappa shape index (κ2) is 7.30. The molecule has 5 nitrogen and oxygen atoms in total. The molecular weight excluding hydrogens is 324 g/mol. The zero-order chi connectivity index (χ0) is 17.8. The van der Waals surface area contributed by atoms with E-state index in [0.29, 0.717) is 6.54 Å². The predicted octanol–water partition coefficient (Wildman–Crippen LogP) is 2.47. The van der Waals surface area contributed by atoms with E-state index in [-0.39, 0.29) is 5.91 Å². The number of rotatable bonds is 5. The van der Waals surface area contributed by atoms with Crippen LogP contribution in [0.4, 0.5) is 0 Å². The van der Waals surface area contributed by atoms with Gasteiger partial charge in [0.25, 0.3) is 0 Å². The highest BCUT2D eigenvalue weighted by molar-refractivity contribution is 5.86. The van der Waals surface area contributed by atoms with Crippen LogP contribution in [-0.2, 0) is 16.8 Å². The molecule has 1 aliphatic rings. The molecule has 3 aromatic rings. The number of nitrogens with zero attached hydrogens (tertiary/aromatic N) is 2. The number of fused-ring (bicyclic) bond motifs is 1. The van der Waals surface area contributed by atoms with Crippen molar-refractivity contribution in [3.8, 4) is 0 Å². The Balaban J connectivity index is 1.47. The number of nitrogens with one attached hydrogen (secondary N) is 2. The van der Waals surface area contributed by atoms with E-state index in [4.69, 9.17) is 0 Å². The smallest absolute Gasteiger partial charge is 0.248 e. The molecule has 2 heterocycles. The molecule has 1 saturated heterocycles. The highest BCUT2D eigenvalue weighted by Gasteiger charge is 2.41. The molecule has 0 radical (unpaired) electrons. The molecule has 4 rings (SSSR count). The summed E-state index contributed by atoms with van der Waals surface area (Å²) in [4.78, 5) is 13.1. The highest BCUT2D eigenvalue weighted by atomic mass is 16.2. The van der Waals surface area contributed by atoms with Crippen molar-refractivity contribution < 1.29 is 4.79 Å². The fraction of sp³-hybridized carbons (Fsp3) is 0.333. The summed E-state index contributed by atoms with van der Waals surface area (Å²) >= 11 is 0. The van der Waals surface area contributed by atoms with E-state index in [1.165, 1.54) is 16.3 Å². The Morgan fingerprint density at radius 1 is 1.12 bits per heavy atom. The van der Waals surface area contributed by atoms with Gasteiger partial charge in [0, 0.05) is 18.9 Å². The molecule has 0 aliphatic carbocycles. The van der Waals surface area contributed by atoms with Gasteiger partial charge in [0.1, 0.15) is 5.54 Å². The molecule has 0 bridgehead atoms. The Kier molecular flexibility index (Phi) is 4.71. The first-order chi connectivity index (χ1) is 12.8. The molecule has 0 atom stereocenters. The zero-order valence-electron chi connectivity index (χ0n) is 14.8. The van der Waals surface area contributed by atoms with E-state index in [9.17, 15) is 4.79 Å². The first-order valence-electron chi connectivity index (χ1n) is 9.25. The molecule has 1 aromatic heterocycles. The van der Waals surface area contributed by atoms with E-state index in [1.54, 1.807) is 6.20 Å². The van der Waals surface area contributed by atoms with Crippen LogP contribution in [0.5, 0.6) is 0 Å². The molecule has 5 heteroatoms. The van der Waals surface area contributed by atoms with Gasteiger partial charge in [0.15, 0.2) is 0 Å². The topological polar surface area (TPSA) is 59.0 Å². The second-order valence-corrected chi connectivity index (χ2v) is 6.88. The van der Waals surface area contributed by atoms with Crippen molar-refractivity contribution in [2.45, 2.75) is 24.8 Å². The standard InChI is InChI=1S/C21H24N4O/c26-20(21(10-14-22-15-11-21)25-16-4-12-24-25)23-13-9-18-7-3-6-17-5-1-2-8-19(17)18/h1-8,12,16,22H,9-11,13-15H2,(H,23,26). The highest BCUT2D eigenvalue weighted by Crippen LogP contribution is 2.27. The molecule has 1 aliphatic heterocycles. The maximum Gasteiger partial charge on any atom is 0.248 e. The number of aromatic nitrogens is 2. The van der Waals surface area contributed by atoms with E-state index < -0.39 is 5.54 Å². The summed E-state index contributed by atoms with van der Waals surface area (Å²) in [6.45, 7) is 2.29. The fourth-order valence-corrected chi connectivity index (χ4v) is 3.91. The van der Waals surface area contributed by atoms with Crippen LogP contribution in [0.2, 0.25) is 0 Å². The molecule has 26 heavy (non-hydrogen) atoms. The van der Waals surface area contributed by atoms with Crippen LogP contribution in [0.15, 0.2) is 60.9 Å². The lowest BCUT2D eigenvalue weighted by Gasteiger charge is -2.36. The van der Waals surface area contributed by atoms with Gasteiger partial charge in [0.2, 0.25) is 5.91 Å². The summed E-state index contributed by atoms with van der Waals surface area (Å²) in [5, 5.41) is 13.4. The Labute approximate surface area is 153 Å². The van der Waals surface area contributed by atoms with Gasteiger partial charge < -0.3 is 10.6 Å². The summed E-state index contributed by atoms with van der Waals surface area (Å²) in [6.07, 6.45) is 5.98. The van der Waals surface area contributed by atoms with Gasteiger partial charge >= 0.3 is 0 Å². The molecule has 134 valence electrons. The molecule has 2 aromatic carbocycles. The molecule has 0 saturated carbocycles. The van der Waals surface area contributed by atoms with Crippen LogP contribution in [0, 0.1) is 0 Å². The minimum absolute atomic E-state index is 0.0722. The Morgan fingerprint density at radius 3 is 2.73 bits per heavy atom. The van der Waals surface area contributed by atoms with E-state index in [1.807, 2.05) is 16.9 Å². The van der Waals surface area contributed by atoms with Crippen molar-refractivity contribution in [2.24, 2.45) is 0 Å². The normalized spacial score (nSPS) is 16.5. The number of piperidine rings is 1. The Hall–Kier alpha value is -2.66. The van der Waals surface area contributed by atoms with Gasteiger partial charge in [-0.05, 0) is 54.8 Å². The number of amides is 1.